The maximum atomic E-state index is 13.1. The zero-order chi connectivity index (χ0) is 18.8. The van der Waals surface area contributed by atoms with Crippen LogP contribution in [0.5, 0.6) is 0 Å². The number of benzene rings is 1. The van der Waals surface area contributed by atoms with Gasteiger partial charge < -0.3 is 15.3 Å². The van der Waals surface area contributed by atoms with Gasteiger partial charge in [0.2, 0.25) is 0 Å². The zero-order valence-corrected chi connectivity index (χ0v) is 14.7. The molecular formula is C18H25F3N2O2. The van der Waals surface area contributed by atoms with Crippen LogP contribution in [0.1, 0.15) is 44.7 Å². The van der Waals surface area contributed by atoms with E-state index in [9.17, 15) is 23.1 Å². The van der Waals surface area contributed by atoms with E-state index in [2.05, 4.69) is 5.32 Å². The number of amides is 1. The SMILES string of the molecule is CC(C)(C)C1[C@@H](NCc2ccccc2C(F)(F)F)CCCN1C(=O)O. The van der Waals surface area contributed by atoms with Gasteiger partial charge >= 0.3 is 12.3 Å². The van der Waals surface area contributed by atoms with Crippen LogP contribution in [0.4, 0.5) is 18.0 Å². The van der Waals surface area contributed by atoms with Crippen LogP contribution in [-0.2, 0) is 12.7 Å². The molecule has 1 saturated heterocycles. The number of nitrogens with zero attached hydrogens (tertiary/aromatic N) is 1. The Hall–Kier alpha value is -1.76. The summed E-state index contributed by atoms with van der Waals surface area (Å²) in [5.41, 5.74) is -0.796. The van der Waals surface area contributed by atoms with Crippen molar-refractivity contribution >= 4 is 6.09 Å². The van der Waals surface area contributed by atoms with E-state index in [0.717, 1.165) is 12.5 Å². The lowest BCUT2D eigenvalue weighted by atomic mass is 9.77. The fourth-order valence-corrected chi connectivity index (χ4v) is 3.69. The number of carboxylic acid groups (broad SMARTS) is 1. The van der Waals surface area contributed by atoms with Crippen molar-refractivity contribution in [3.63, 3.8) is 0 Å². The standard InChI is InChI=1S/C18H25F3N2O2/c1-17(2,3)15-14(9-6-10-23(15)16(24)25)22-11-12-7-4-5-8-13(12)18(19,20)21/h4-5,7-8,14-15,22H,6,9-11H2,1-3H3,(H,24,25)/t14-,15?/m0/s1. The van der Waals surface area contributed by atoms with Gasteiger partial charge in [0.1, 0.15) is 0 Å². The van der Waals surface area contributed by atoms with Gasteiger partial charge in [-0.1, -0.05) is 39.0 Å². The molecular weight excluding hydrogens is 333 g/mol. The predicted octanol–water partition coefficient (Wildman–Crippen LogP) is 4.35. The molecule has 1 aromatic rings. The topological polar surface area (TPSA) is 52.6 Å². The summed E-state index contributed by atoms with van der Waals surface area (Å²) in [7, 11) is 0. The van der Waals surface area contributed by atoms with Gasteiger partial charge in [-0.2, -0.15) is 13.2 Å². The van der Waals surface area contributed by atoms with Crippen molar-refractivity contribution in [3.8, 4) is 0 Å². The van der Waals surface area contributed by atoms with Gasteiger partial charge in [-0.15, -0.1) is 0 Å². The van der Waals surface area contributed by atoms with Crippen LogP contribution in [0.3, 0.4) is 0 Å². The molecule has 7 heteroatoms. The zero-order valence-electron chi connectivity index (χ0n) is 14.7. The number of carbonyl (C=O) groups is 1. The summed E-state index contributed by atoms with van der Waals surface area (Å²) in [4.78, 5) is 13.0. The van der Waals surface area contributed by atoms with Crippen LogP contribution < -0.4 is 5.32 Å². The second kappa shape index (κ2) is 7.23. The molecule has 0 bridgehead atoms. The molecule has 1 aromatic carbocycles. The molecule has 1 aliphatic rings. The van der Waals surface area contributed by atoms with E-state index in [1.54, 1.807) is 6.07 Å². The lowest BCUT2D eigenvalue weighted by Crippen LogP contribution is -2.60. The average Bonchev–Trinajstić information content (AvgIpc) is 2.51. The molecule has 1 heterocycles. The minimum absolute atomic E-state index is 0.0559. The average molecular weight is 358 g/mol. The van der Waals surface area contributed by atoms with Crippen molar-refractivity contribution in [3.05, 3.63) is 35.4 Å². The first-order chi connectivity index (χ1) is 11.5. The largest absolute Gasteiger partial charge is 0.465 e. The number of hydrogen-bond donors (Lipinski definition) is 2. The summed E-state index contributed by atoms with van der Waals surface area (Å²) >= 11 is 0. The Balaban J connectivity index is 2.20. The summed E-state index contributed by atoms with van der Waals surface area (Å²) in [5, 5.41) is 12.7. The predicted molar refractivity (Wildman–Crippen MR) is 89.3 cm³/mol. The van der Waals surface area contributed by atoms with Crippen molar-refractivity contribution in [1.29, 1.82) is 0 Å². The molecule has 0 aliphatic carbocycles. The number of rotatable bonds is 3. The first-order valence-corrected chi connectivity index (χ1v) is 8.40. The Morgan fingerprint density at radius 2 is 1.92 bits per heavy atom. The molecule has 2 rings (SSSR count). The molecule has 0 spiro atoms. The Labute approximate surface area is 146 Å². The highest BCUT2D eigenvalue weighted by Gasteiger charge is 2.41. The van der Waals surface area contributed by atoms with Crippen molar-refractivity contribution in [1.82, 2.24) is 10.2 Å². The van der Waals surface area contributed by atoms with Crippen LogP contribution in [0.15, 0.2) is 24.3 Å². The maximum absolute atomic E-state index is 13.1. The Kier molecular flexibility index (Phi) is 5.66. The monoisotopic (exact) mass is 358 g/mol. The minimum atomic E-state index is -4.40. The van der Waals surface area contributed by atoms with Gasteiger partial charge in [-0.05, 0) is 29.9 Å². The van der Waals surface area contributed by atoms with Crippen LogP contribution in [-0.4, -0.2) is 34.7 Å². The highest BCUT2D eigenvalue weighted by Crippen LogP contribution is 2.34. The second-order valence-corrected chi connectivity index (χ2v) is 7.57. The van der Waals surface area contributed by atoms with Crippen LogP contribution in [0, 0.1) is 5.41 Å². The van der Waals surface area contributed by atoms with Gasteiger partial charge in [0.15, 0.2) is 0 Å². The summed E-state index contributed by atoms with van der Waals surface area (Å²) in [6.07, 6.45) is -3.96. The normalized spacial score (nSPS) is 22.1. The second-order valence-electron chi connectivity index (χ2n) is 7.57. The first kappa shape index (κ1) is 19.6. The molecule has 0 radical (unpaired) electrons. The fraction of sp³-hybridized carbons (Fsp3) is 0.611. The van der Waals surface area contributed by atoms with Crippen LogP contribution >= 0.6 is 0 Å². The number of likely N-dealkylation sites (tertiary alicyclic amines) is 1. The smallest absolute Gasteiger partial charge is 0.416 e. The molecule has 140 valence electrons. The van der Waals surface area contributed by atoms with Crippen molar-refractivity contribution < 1.29 is 23.1 Å². The molecule has 1 fully saturated rings. The van der Waals surface area contributed by atoms with Crippen molar-refractivity contribution in [2.45, 2.75) is 58.4 Å². The minimum Gasteiger partial charge on any atom is -0.465 e. The molecule has 2 N–H and O–H groups in total. The van der Waals surface area contributed by atoms with Gasteiger partial charge in [-0.3, -0.25) is 0 Å². The summed E-state index contributed by atoms with van der Waals surface area (Å²) in [6, 6.07) is 5.00. The molecule has 25 heavy (non-hydrogen) atoms. The number of nitrogens with one attached hydrogen (secondary N) is 1. The molecule has 0 saturated carbocycles. The first-order valence-electron chi connectivity index (χ1n) is 8.40. The molecule has 4 nitrogen and oxygen atoms in total. The van der Waals surface area contributed by atoms with E-state index < -0.39 is 17.8 Å². The third kappa shape index (κ3) is 4.66. The Morgan fingerprint density at radius 3 is 2.48 bits per heavy atom. The lowest BCUT2D eigenvalue weighted by molar-refractivity contribution is -0.138. The molecule has 0 aromatic heterocycles. The number of hydrogen-bond acceptors (Lipinski definition) is 2. The van der Waals surface area contributed by atoms with Crippen LogP contribution in [0.25, 0.3) is 0 Å². The van der Waals surface area contributed by atoms with Gasteiger partial charge in [-0.25, -0.2) is 4.79 Å². The number of piperidine rings is 1. The van der Waals surface area contributed by atoms with Crippen molar-refractivity contribution in [2.75, 3.05) is 6.54 Å². The lowest BCUT2D eigenvalue weighted by Gasteiger charge is -2.47. The number of halogens is 3. The third-order valence-electron chi connectivity index (χ3n) is 4.64. The van der Waals surface area contributed by atoms with E-state index in [1.165, 1.54) is 17.0 Å². The Morgan fingerprint density at radius 1 is 1.28 bits per heavy atom. The molecule has 1 unspecified atom stereocenters. The van der Waals surface area contributed by atoms with Gasteiger partial charge in [0.05, 0.1) is 11.6 Å². The molecule has 2 atom stereocenters. The van der Waals surface area contributed by atoms with Gasteiger partial charge in [0, 0.05) is 19.1 Å². The summed E-state index contributed by atoms with van der Waals surface area (Å²) in [6.45, 7) is 6.38. The van der Waals surface area contributed by atoms with E-state index in [-0.39, 0.29) is 29.6 Å². The Bertz CT molecular complexity index is 611. The summed E-state index contributed by atoms with van der Waals surface area (Å²) in [5.74, 6) is 0. The van der Waals surface area contributed by atoms with Gasteiger partial charge in [0.25, 0.3) is 0 Å². The van der Waals surface area contributed by atoms with Crippen LogP contribution in [0.2, 0.25) is 0 Å². The van der Waals surface area contributed by atoms with E-state index >= 15 is 0 Å². The van der Waals surface area contributed by atoms with E-state index in [4.69, 9.17) is 0 Å². The quantitative estimate of drug-likeness (QED) is 0.844. The van der Waals surface area contributed by atoms with E-state index in [0.29, 0.717) is 13.0 Å². The fourth-order valence-electron chi connectivity index (χ4n) is 3.69. The maximum Gasteiger partial charge on any atom is 0.416 e. The highest BCUT2D eigenvalue weighted by atomic mass is 19.4. The number of alkyl halides is 3. The highest BCUT2D eigenvalue weighted by molar-refractivity contribution is 5.66. The third-order valence-corrected chi connectivity index (χ3v) is 4.64. The summed E-state index contributed by atoms with van der Waals surface area (Å²) < 4.78 is 39.4. The molecule has 1 aliphatic heterocycles. The van der Waals surface area contributed by atoms with Crippen molar-refractivity contribution in [2.24, 2.45) is 5.41 Å². The van der Waals surface area contributed by atoms with E-state index in [1.807, 2.05) is 20.8 Å². The molecule has 1 amide bonds.